The first kappa shape index (κ1) is 34.3. The van der Waals surface area contributed by atoms with E-state index in [2.05, 4.69) is 40.6 Å². The van der Waals surface area contributed by atoms with E-state index in [0.29, 0.717) is 22.7 Å². The molecule has 0 radical (unpaired) electrons. The zero-order valence-corrected chi connectivity index (χ0v) is 27.1. The van der Waals surface area contributed by atoms with Crippen molar-refractivity contribution in [2.75, 3.05) is 13.2 Å². The van der Waals surface area contributed by atoms with Gasteiger partial charge in [-0.05, 0) is 47.4 Å². The number of nitrogens with zero attached hydrogens (tertiary/aromatic N) is 3. The van der Waals surface area contributed by atoms with Gasteiger partial charge < -0.3 is 29.3 Å². The maximum atomic E-state index is 11.5. The Balaban J connectivity index is 1.49. The molecular formula is C36H35ClN4O7. The predicted octanol–water partition coefficient (Wildman–Crippen LogP) is 5.12. The van der Waals surface area contributed by atoms with E-state index in [9.17, 15) is 25.4 Å². The molecule has 0 aliphatic heterocycles. The molecule has 0 fully saturated rings. The summed E-state index contributed by atoms with van der Waals surface area (Å²) < 4.78 is 18.0. The van der Waals surface area contributed by atoms with Gasteiger partial charge in [-0.15, -0.1) is 0 Å². The number of carboxylic acids is 1. The minimum absolute atomic E-state index is 0.0200. The molecule has 3 unspecified atom stereocenters. The summed E-state index contributed by atoms with van der Waals surface area (Å²) in [6.07, 6.45) is 5.94. The van der Waals surface area contributed by atoms with Crippen LogP contribution in [0.25, 0.3) is 5.57 Å². The molecule has 4 aromatic rings. The third kappa shape index (κ3) is 7.43. The molecule has 3 atom stereocenters. The van der Waals surface area contributed by atoms with Crippen LogP contribution in [0.4, 0.5) is 0 Å². The number of halogens is 1. The van der Waals surface area contributed by atoms with E-state index >= 15 is 0 Å². The van der Waals surface area contributed by atoms with Gasteiger partial charge in [0.2, 0.25) is 0 Å². The number of aliphatic hydroxyl groups excluding tert-OH is 2. The molecule has 0 bridgehead atoms. The van der Waals surface area contributed by atoms with Crippen LogP contribution in [0.5, 0.6) is 11.5 Å². The number of aromatic nitrogens is 2. The molecule has 4 N–H and O–H groups in total. The number of nitrogens with one attached hydrogen (secondary N) is 1. The van der Waals surface area contributed by atoms with Crippen molar-refractivity contribution in [3.63, 3.8) is 0 Å². The van der Waals surface area contributed by atoms with E-state index in [1.807, 2.05) is 43.3 Å². The van der Waals surface area contributed by atoms with E-state index in [0.717, 1.165) is 22.3 Å². The van der Waals surface area contributed by atoms with E-state index < -0.39 is 30.6 Å². The van der Waals surface area contributed by atoms with Crippen LogP contribution in [0.3, 0.4) is 0 Å². The minimum Gasteiger partial charge on any atom is -0.490 e. The van der Waals surface area contributed by atoms with Gasteiger partial charge in [0.1, 0.15) is 37.4 Å². The SMILES string of the molecule is Cc1ccccc1C1=CC=CC(COc2cc(OCc3cccc(C#N)c3)c(CNC(CO)C(=O)O)cc2Cl)(c2noc(CO)n2)C1C. The van der Waals surface area contributed by atoms with Gasteiger partial charge in [-0.3, -0.25) is 10.1 Å². The summed E-state index contributed by atoms with van der Waals surface area (Å²) >= 11 is 6.76. The van der Waals surface area contributed by atoms with E-state index in [1.54, 1.807) is 30.3 Å². The number of hydrogen-bond donors (Lipinski definition) is 4. The molecule has 11 nitrogen and oxygen atoms in total. The first-order valence-electron chi connectivity index (χ1n) is 15.2. The Morgan fingerprint density at radius 2 is 1.96 bits per heavy atom. The standard InChI is InChI=1S/C36H35ClN4O7/c1-22-7-3-4-10-27(22)28-11-6-12-36(23(28)2,35-40-33(19-43)48-41-35)21-47-32-15-31(46-20-25-9-5-8-24(13-25)16-38)26(14-29(32)37)17-39-30(18-42)34(44)45/h3-15,23,30,39,42-43H,17-21H2,1-2H3,(H,44,45). The molecule has 1 aliphatic carbocycles. The van der Waals surface area contributed by atoms with Gasteiger partial charge in [0.05, 0.1) is 28.7 Å². The van der Waals surface area contributed by atoms with Crippen molar-refractivity contribution in [1.29, 1.82) is 5.26 Å². The van der Waals surface area contributed by atoms with Crippen molar-refractivity contribution < 1.29 is 34.1 Å². The van der Waals surface area contributed by atoms with Gasteiger partial charge in [-0.1, -0.05) is 78.3 Å². The number of allylic oxidation sites excluding steroid dienone is 3. The normalized spacial score (nSPS) is 17.8. The molecule has 0 spiro atoms. The minimum atomic E-state index is -1.20. The lowest BCUT2D eigenvalue weighted by molar-refractivity contribution is -0.140. The number of aliphatic hydroxyl groups is 2. The summed E-state index contributed by atoms with van der Waals surface area (Å²) in [5, 5.41) is 45.2. The zero-order valence-electron chi connectivity index (χ0n) is 26.4. The molecule has 1 aromatic heterocycles. The third-order valence-corrected chi connectivity index (χ3v) is 8.73. The average molecular weight is 671 g/mol. The number of benzene rings is 3. The number of hydrogen-bond acceptors (Lipinski definition) is 10. The Morgan fingerprint density at radius 1 is 1.15 bits per heavy atom. The maximum absolute atomic E-state index is 11.5. The Kier molecular flexibility index (Phi) is 10.9. The molecule has 0 saturated carbocycles. The molecule has 5 rings (SSSR count). The molecule has 248 valence electrons. The summed E-state index contributed by atoms with van der Waals surface area (Å²) in [5.41, 5.74) is 4.04. The number of nitriles is 1. The van der Waals surface area contributed by atoms with Crippen molar-refractivity contribution in [3.8, 4) is 17.6 Å². The van der Waals surface area contributed by atoms with Crippen LogP contribution in [-0.2, 0) is 30.0 Å². The largest absolute Gasteiger partial charge is 0.490 e. The number of ether oxygens (including phenoxy) is 2. The summed E-state index contributed by atoms with van der Waals surface area (Å²) in [7, 11) is 0. The molecule has 3 aromatic carbocycles. The number of carbonyl (C=O) groups is 1. The number of rotatable bonds is 14. The fourth-order valence-electron chi connectivity index (χ4n) is 5.63. The Hall–Kier alpha value is -4.99. The molecule has 0 saturated heterocycles. The van der Waals surface area contributed by atoms with Crippen LogP contribution in [0.15, 0.2) is 83.4 Å². The number of carboxylic acid groups (broad SMARTS) is 1. The number of aryl methyl sites for hydroxylation is 1. The predicted molar refractivity (Wildman–Crippen MR) is 177 cm³/mol. The van der Waals surface area contributed by atoms with E-state index in [4.69, 9.17) is 25.6 Å². The second-order valence-corrected chi connectivity index (χ2v) is 11.9. The highest BCUT2D eigenvalue weighted by molar-refractivity contribution is 6.32. The molecule has 48 heavy (non-hydrogen) atoms. The summed E-state index contributed by atoms with van der Waals surface area (Å²) in [6, 6.07) is 19.2. The highest BCUT2D eigenvalue weighted by Gasteiger charge is 2.44. The smallest absolute Gasteiger partial charge is 0.323 e. The van der Waals surface area contributed by atoms with Crippen LogP contribution in [0, 0.1) is 24.2 Å². The van der Waals surface area contributed by atoms with Crippen molar-refractivity contribution in [2.45, 2.75) is 45.1 Å². The Labute approximate surface area is 282 Å². The van der Waals surface area contributed by atoms with Crippen molar-refractivity contribution in [1.82, 2.24) is 15.5 Å². The zero-order chi connectivity index (χ0) is 34.3. The quantitative estimate of drug-likeness (QED) is 0.140. The lowest BCUT2D eigenvalue weighted by Gasteiger charge is -2.37. The highest BCUT2D eigenvalue weighted by atomic mass is 35.5. The maximum Gasteiger partial charge on any atom is 0.323 e. The monoisotopic (exact) mass is 670 g/mol. The van der Waals surface area contributed by atoms with Crippen LogP contribution in [-0.4, -0.2) is 50.7 Å². The van der Waals surface area contributed by atoms with Crippen LogP contribution < -0.4 is 14.8 Å². The fourth-order valence-corrected chi connectivity index (χ4v) is 5.88. The van der Waals surface area contributed by atoms with Gasteiger partial charge in [0, 0.05) is 24.1 Å². The topological polar surface area (TPSA) is 171 Å². The second-order valence-electron chi connectivity index (χ2n) is 11.5. The van der Waals surface area contributed by atoms with Gasteiger partial charge in [0.15, 0.2) is 5.82 Å². The number of aliphatic carboxylic acids is 1. The molecule has 12 heteroatoms. The summed E-state index contributed by atoms with van der Waals surface area (Å²) in [5.74, 6) is -0.352. The Bertz CT molecular complexity index is 1880. The van der Waals surface area contributed by atoms with Crippen LogP contribution in [0.2, 0.25) is 5.02 Å². The van der Waals surface area contributed by atoms with Crippen molar-refractivity contribution in [3.05, 3.63) is 123 Å². The summed E-state index contributed by atoms with van der Waals surface area (Å²) in [4.78, 5) is 16.0. The first-order chi connectivity index (χ1) is 23.2. The average Bonchev–Trinajstić information content (AvgIpc) is 3.59. The van der Waals surface area contributed by atoms with Crippen molar-refractivity contribution in [2.24, 2.45) is 5.92 Å². The highest BCUT2D eigenvalue weighted by Crippen LogP contribution is 2.45. The molecule has 1 aliphatic rings. The Morgan fingerprint density at radius 3 is 2.67 bits per heavy atom. The second kappa shape index (κ2) is 15.3. The fraction of sp³-hybridized carbons (Fsp3) is 0.278. The molecule has 1 heterocycles. The molecular weight excluding hydrogens is 636 g/mol. The first-order valence-corrected chi connectivity index (χ1v) is 15.6. The van der Waals surface area contributed by atoms with E-state index in [-0.39, 0.29) is 42.3 Å². The lowest BCUT2D eigenvalue weighted by atomic mass is 9.68. The van der Waals surface area contributed by atoms with Crippen LogP contribution >= 0.6 is 11.6 Å². The van der Waals surface area contributed by atoms with Crippen LogP contribution in [0.1, 0.15) is 46.5 Å². The van der Waals surface area contributed by atoms with Crippen molar-refractivity contribution >= 4 is 23.1 Å². The van der Waals surface area contributed by atoms with E-state index in [1.165, 1.54) is 0 Å². The molecule has 0 amide bonds. The lowest BCUT2D eigenvalue weighted by Crippen LogP contribution is -2.41. The van der Waals surface area contributed by atoms with Gasteiger partial charge >= 0.3 is 5.97 Å². The summed E-state index contributed by atoms with van der Waals surface area (Å²) in [6.45, 7) is 3.23. The van der Waals surface area contributed by atoms with Gasteiger partial charge in [0.25, 0.3) is 5.89 Å². The van der Waals surface area contributed by atoms with Gasteiger partial charge in [-0.2, -0.15) is 10.2 Å². The van der Waals surface area contributed by atoms with Gasteiger partial charge in [-0.25, -0.2) is 0 Å². The third-order valence-electron chi connectivity index (χ3n) is 8.44.